The Balaban J connectivity index is 1.81. The smallest absolute Gasteiger partial charge is 0.00979 e. The third-order valence-electron chi connectivity index (χ3n) is 4.24. The Hall–Kier alpha value is -0.0400. The first-order valence-corrected chi connectivity index (χ1v) is 6.61. The van der Waals surface area contributed by atoms with Gasteiger partial charge in [0.2, 0.25) is 0 Å². The van der Waals surface area contributed by atoms with Gasteiger partial charge in [-0.3, -0.25) is 0 Å². The van der Waals surface area contributed by atoms with Gasteiger partial charge in [0.05, 0.1) is 0 Å². The summed E-state index contributed by atoms with van der Waals surface area (Å²) in [6.45, 7) is 4.69. The van der Waals surface area contributed by atoms with E-state index in [9.17, 15) is 0 Å². The van der Waals surface area contributed by atoms with Gasteiger partial charge in [-0.15, -0.1) is 0 Å². The first-order chi connectivity index (χ1) is 6.85. The van der Waals surface area contributed by atoms with Crippen molar-refractivity contribution in [3.63, 3.8) is 0 Å². The van der Waals surface area contributed by atoms with Crippen molar-refractivity contribution in [2.24, 2.45) is 11.8 Å². The quantitative estimate of drug-likeness (QED) is 0.709. The highest BCUT2D eigenvalue weighted by molar-refractivity contribution is 4.91. The van der Waals surface area contributed by atoms with Crippen LogP contribution in [0.4, 0.5) is 0 Å². The van der Waals surface area contributed by atoms with E-state index >= 15 is 0 Å². The predicted octanol–water partition coefficient (Wildman–Crippen LogP) is 3.34. The molecule has 0 aromatic rings. The zero-order valence-corrected chi connectivity index (χ0v) is 9.76. The average molecular weight is 195 g/mol. The van der Waals surface area contributed by atoms with Crippen molar-refractivity contribution in [3.8, 4) is 0 Å². The zero-order valence-electron chi connectivity index (χ0n) is 9.76. The normalized spacial score (nSPS) is 34.7. The standard InChI is InChI=1S/C13H25N/c1-3-10-6-5-7-13(10)14-12(4-2)11-8-9-11/h10-14H,3-9H2,1-2H3. The van der Waals surface area contributed by atoms with Crippen LogP contribution in [0.15, 0.2) is 0 Å². The Labute approximate surface area is 88.7 Å². The van der Waals surface area contributed by atoms with Gasteiger partial charge in [-0.1, -0.05) is 26.7 Å². The molecule has 1 N–H and O–H groups in total. The lowest BCUT2D eigenvalue weighted by Crippen LogP contribution is -2.41. The van der Waals surface area contributed by atoms with Crippen molar-refractivity contribution in [2.45, 2.75) is 70.9 Å². The maximum atomic E-state index is 3.93. The largest absolute Gasteiger partial charge is 0.311 e. The van der Waals surface area contributed by atoms with Gasteiger partial charge in [0, 0.05) is 12.1 Å². The van der Waals surface area contributed by atoms with Crippen LogP contribution in [0.2, 0.25) is 0 Å². The van der Waals surface area contributed by atoms with E-state index in [4.69, 9.17) is 0 Å². The molecule has 3 atom stereocenters. The van der Waals surface area contributed by atoms with E-state index in [1.54, 1.807) is 0 Å². The second kappa shape index (κ2) is 4.65. The summed E-state index contributed by atoms with van der Waals surface area (Å²) >= 11 is 0. The molecule has 0 radical (unpaired) electrons. The van der Waals surface area contributed by atoms with Gasteiger partial charge in [-0.2, -0.15) is 0 Å². The van der Waals surface area contributed by atoms with Crippen molar-refractivity contribution in [2.75, 3.05) is 0 Å². The number of nitrogens with one attached hydrogen (secondary N) is 1. The molecule has 0 aromatic carbocycles. The van der Waals surface area contributed by atoms with Gasteiger partial charge in [-0.05, 0) is 43.9 Å². The molecule has 0 bridgehead atoms. The van der Waals surface area contributed by atoms with Gasteiger partial charge >= 0.3 is 0 Å². The van der Waals surface area contributed by atoms with Gasteiger partial charge in [0.1, 0.15) is 0 Å². The molecular weight excluding hydrogens is 170 g/mol. The molecule has 2 aliphatic carbocycles. The van der Waals surface area contributed by atoms with Crippen LogP contribution in [0.1, 0.15) is 58.8 Å². The van der Waals surface area contributed by atoms with E-state index in [0.29, 0.717) is 0 Å². The van der Waals surface area contributed by atoms with E-state index in [-0.39, 0.29) is 0 Å². The van der Waals surface area contributed by atoms with Crippen LogP contribution < -0.4 is 5.32 Å². The van der Waals surface area contributed by atoms with E-state index in [1.165, 1.54) is 44.9 Å². The van der Waals surface area contributed by atoms with Gasteiger partial charge < -0.3 is 5.32 Å². The Morgan fingerprint density at radius 3 is 2.50 bits per heavy atom. The molecule has 0 aliphatic heterocycles. The van der Waals surface area contributed by atoms with Crippen LogP contribution >= 0.6 is 0 Å². The first-order valence-electron chi connectivity index (χ1n) is 6.61. The number of hydrogen-bond donors (Lipinski definition) is 1. The van der Waals surface area contributed by atoms with Crippen LogP contribution in [-0.4, -0.2) is 12.1 Å². The minimum Gasteiger partial charge on any atom is -0.311 e. The molecule has 14 heavy (non-hydrogen) atoms. The Bertz CT molecular complexity index is 174. The molecule has 2 aliphatic rings. The fourth-order valence-electron chi connectivity index (χ4n) is 3.11. The molecule has 1 heteroatoms. The molecule has 2 fully saturated rings. The highest BCUT2D eigenvalue weighted by Crippen LogP contribution is 2.36. The topological polar surface area (TPSA) is 12.0 Å². The summed E-state index contributed by atoms with van der Waals surface area (Å²) in [6, 6.07) is 1.69. The average Bonchev–Trinajstić information content (AvgIpc) is 2.95. The van der Waals surface area contributed by atoms with Crippen LogP contribution in [-0.2, 0) is 0 Å². The summed E-state index contributed by atoms with van der Waals surface area (Å²) < 4.78 is 0. The minimum absolute atomic E-state index is 0.840. The number of hydrogen-bond acceptors (Lipinski definition) is 1. The number of rotatable bonds is 5. The van der Waals surface area contributed by atoms with E-state index in [1.807, 2.05) is 0 Å². The van der Waals surface area contributed by atoms with Crippen LogP contribution in [0, 0.1) is 11.8 Å². The van der Waals surface area contributed by atoms with Gasteiger partial charge in [0.25, 0.3) is 0 Å². The lowest BCUT2D eigenvalue weighted by atomic mass is 9.98. The monoisotopic (exact) mass is 195 g/mol. The third-order valence-corrected chi connectivity index (χ3v) is 4.24. The zero-order chi connectivity index (χ0) is 9.97. The molecule has 2 saturated carbocycles. The van der Waals surface area contributed by atoms with Crippen molar-refractivity contribution in [3.05, 3.63) is 0 Å². The lowest BCUT2D eigenvalue weighted by Gasteiger charge is -2.26. The van der Waals surface area contributed by atoms with Crippen LogP contribution in [0.3, 0.4) is 0 Å². The highest BCUT2D eigenvalue weighted by Gasteiger charge is 2.34. The molecule has 82 valence electrons. The molecule has 1 nitrogen and oxygen atoms in total. The molecular formula is C13H25N. The molecule has 2 rings (SSSR count). The maximum absolute atomic E-state index is 3.93. The second-order valence-electron chi connectivity index (χ2n) is 5.22. The Morgan fingerprint density at radius 2 is 1.93 bits per heavy atom. The maximum Gasteiger partial charge on any atom is 0.00979 e. The summed E-state index contributed by atoms with van der Waals surface area (Å²) in [6.07, 6.45) is 10.0. The van der Waals surface area contributed by atoms with Crippen molar-refractivity contribution >= 4 is 0 Å². The van der Waals surface area contributed by atoms with Gasteiger partial charge in [0.15, 0.2) is 0 Å². The summed E-state index contributed by atoms with van der Waals surface area (Å²) in [5.74, 6) is 2.00. The van der Waals surface area contributed by atoms with E-state index < -0.39 is 0 Å². The molecule has 3 unspecified atom stereocenters. The minimum atomic E-state index is 0.840. The Morgan fingerprint density at radius 1 is 1.14 bits per heavy atom. The molecule has 0 heterocycles. The van der Waals surface area contributed by atoms with Crippen molar-refractivity contribution in [1.82, 2.24) is 5.32 Å². The molecule has 0 saturated heterocycles. The summed E-state index contributed by atoms with van der Waals surface area (Å²) in [4.78, 5) is 0. The predicted molar refractivity (Wildman–Crippen MR) is 61.4 cm³/mol. The molecule has 0 aromatic heterocycles. The SMILES string of the molecule is CCC1CCCC1NC(CC)C1CC1. The Kier molecular flexibility index (Phi) is 3.48. The summed E-state index contributed by atoms with van der Waals surface area (Å²) in [5, 5.41) is 3.93. The van der Waals surface area contributed by atoms with Crippen LogP contribution in [0.25, 0.3) is 0 Å². The lowest BCUT2D eigenvalue weighted by molar-refractivity contribution is 0.323. The van der Waals surface area contributed by atoms with Crippen LogP contribution in [0.5, 0.6) is 0 Å². The van der Waals surface area contributed by atoms with E-state index in [2.05, 4.69) is 19.2 Å². The second-order valence-corrected chi connectivity index (χ2v) is 5.22. The highest BCUT2D eigenvalue weighted by atomic mass is 15.0. The summed E-state index contributed by atoms with van der Waals surface area (Å²) in [7, 11) is 0. The molecule has 0 spiro atoms. The molecule has 0 amide bonds. The first kappa shape index (κ1) is 10.5. The third kappa shape index (κ3) is 2.31. The summed E-state index contributed by atoms with van der Waals surface area (Å²) in [5.41, 5.74) is 0. The fourth-order valence-corrected chi connectivity index (χ4v) is 3.11. The van der Waals surface area contributed by atoms with Crippen molar-refractivity contribution < 1.29 is 0 Å². The van der Waals surface area contributed by atoms with Crippen molar-refractivity contribution in [1.29, 1.82) is 0 Å². The van der Waals surface area contributed by atoms with E-state index in [0.717, 1.165) is 23.9 Å². The fraction of sp³-hybridized carbons (Fsp3) is 1.00. The van der Waals surface area contributed by atoms with Gasteiger partial charge in [-0.25, -0.2) is 0 Å².